The van der Waals surface area contributed by atoms with E-state index < -0.39 is 5.97 Å². The number of aliphatic carboxylic acids is 1. The molecule has 3 nitrogen and oxygen atoms in total. The molecule has 0 radical (unpaired) electrons. The maximum atomic E-state index is 11.5. The van der Waals surface area contributed by atoms with Gasteiger partial charge in [0.15, 0.2) is 0 Å². The summed E-state index contributed by atoms with van der Waals surface area (Å²) in [5.74, 6) is -0.545. The molecule has 1 saturated heterocycles. The van der Waals surface area contributed by atoms with Crippen LogP contribution in [0.5, 0.6) is 0 Å². The van der Waals surface area contributed by atoms with Crippen LogP contribution in [-0.2, 0) is 4.79 Å². The smallest absolute Gasteiger partial charge is 0.306 e. The Morgan fingerprint density at radius 2 is 1.90 bits per heavy atom. The average molecular weight is 277 g/mol. The Labute approximate surface area is 122 Å². The summed E-state index contributed by atoms with van der Waals surface area (Å²) in [7, 11) is 0. The molecule has 112 valence electrons. The number of carbonyl (C=O) groups is 1. The number of allylic oxidation sites excluding steroid dienone is 3. The molecule has 1 saturated carbocycles. The molecule has 3 atom stereocenters. The van der Waals surface area contributed by atoms with Crippen molar-refractivity contribution in [2.24, 2.45) is 11.8 Å². The monoisotopic (exact) mass is 277 g/mol. The van der Waals surface area contributed by atoms with Crippen molar-refractivity contribution in [2.75, 3.05) is 0 Å². The molecule has 0 amide bonds. The second kappa shape index (κ2) is 4.94. The summed E-state index contributed by atoms with van der Waals surface area (Å²) in [6, 6.07) is 0.375. The minimum atomic E-state index is -0.624. The third-order valence-electron chi connectivity index (χ3n) is 4.95. The number of carboxylic acid groups (broad SMARTS) is 1. The summed E-state index contributed by atoms with van der Waals surface area (Å²) in [6.07, 6.45) is 2.69. The van der Waals surface area contributed by atoms with E-state index in [-0.39, 0.29) is 17.4 Å². The SMILES string of the molecule is C=C(C)/C(C)=C1/CC2C(C(=O)O)CCC2N1C(C)(C)C. The summed E-state index contributed by atoms with van der Waals surface area (Å²) < 4.78 is 0. The Balaban J connectivity index is 2.44. The van der Waals surface area contributed by atoms with Crippen molar-refractivity contribution in [3.63, 3.8) is 0 Å². The van der Waals surface area contributed by atoms with E-state index in [0.717, 1.165) is 24.8 Å². The van der Waals surface area contributed by atoms with Crippen LogP contribution in [0.4, 0.5) is 0 Å². The molecule has 1 N–H and O–H groups in total. The predicted octanol–water partition coefficient (Wildman–Crippen LogP) is 3.82. The first-order chi connectivity index (χ1) is 9.14. The second-order valence-corrected chi connectivity index (χ2v) is 7.35. The molecular formula is C17H27NO2. The molecule has 2 aliphatic rings. The number of likely N-dealkylation sites (tertiary alicyclic amines) is 1. The van der Waals surface area contributed by atoms with E-state index in [1.54, 1.807) is 0 Å². The molecule has 20 heavy (non-hydrogen) atoms. The van der Waals surface area contributed by atoms with Gasteiger partial charge in [-0.2, -0.15) is 0 Å². The zero-order chi connectivity index (χ0) is 15.2. The Morgan fingerprint density at radius 1 is 1.30 bits per heavy atom. The molecule has 0 aromatic heterocycles. The van der Waals surface area contributed by atoms with Gasteiger partial charge in [-0.1, -0.05) is 12.2 Å². The van der Waals surface area contributed by atoms with Gasteiger partial charge in [0.2, 0.25) is 0 Å². The van der Waals surface area contributed by atoms with Gasteiger partial charge in [-0.25, -0.2) is 0 Å². The predicted molar refractivity (Wildman–Crippen MR) is 81.4 cm³/mol. The van der Waals surface area contributed by atoms with Crippen molar-refractivity contribution in [3.05, 3.63) is 23.4 Å². The Kier molecular flexibility index (Phi) is 3.74. The van der Waals surface area contributed by atoms with Crippen molar-refractivity contribution in [1.29, 1.82) is 0 Å². The highest BCUT2D eigenvalue weighted by atomic mass is 16.4. The van der Waals surface area contributed by atoms with Crippen molar-refractivity contribution in [2.45, 2.75) is 65.5 Å². The van der Waals surface area contributed by atoms with Crippen molar-refractivity contribution in [1.82, 2.24) is 4.90 Å². The largest absolute Gasteiger partial charge is 0.481 e. The molecule has 1 heterocycles. The average Bonchev–Trinajstić information content (AvgIpc) is 2.82. The van der Waals surface area contributed by atoms with E-state index in [9.17, 15) is 9.90 Å². The quantitative estimate of drug-likeness (QED) is 0.834. The van der Waals surface area contributed by atoms with Gasteiger partial charge in [-0.15, -0.1) is 0 Å². The lowest BCUT2D eigenvalue weighted by Crippen LogP contribution is -2.44. The fraction of sp³-hybridized carbons (Fsp3) is 0.706. The molecule has 0 aromatic carbocycles. The normalized spacial score (nSPS) is 32.2. The van der Waals surface area contributed by atoms with Crippen LogP contribution in [0.25, 0.3) is 0 Å². The van der Waals surface area contributed by atoms with E-state index >= 15 is 0 Å². The Morgan fingerprint density at radius 3 is 2.35 bits per heavy atom. The van der Waals surface area contributed by atoms with Crippen LogP contribution >= 0.6 is 0 Å². The van der Waals surface area contributed by atoms with E-state index in [2.05, 4.69) is 39.2 Å². The van der Waals surface area contributed by atoms with Crippen LogP contribution in [0, 0.1) is 11.8 Å². The lowest BCUT2D eigenvalue weighted by molar-refractivity contribution is -0.143. The molecule has 0 spiro atoms. The van der Waals surface area contributed by atoms with Gasteiger partial charge in [0.05, 0.1) is 5.92 Å². The fourth-order valence-electron chi connectivity index (χ4n) is 3.96. The molecule has 1 aliphatic carbocycles. The van der Waals surface area contributed by atoms with Gasteiger partial charge >= 0.3 is 5.97 Å². The van der Waals surface area contributed by atoms with Gasteiger partial charge in [0.25, 0.3) is 0 Å². The van der Waals surface area contributed by atoms with Crippen molar-refractivity contribution >= 4 is 5.97 Å². The second-order valence-electron chi connectivity index (χ2n) is 7.35. The minimum absolute atomic E-state index is 0.0266. The van der Waals surface area contributed by atoms with E-state index in [1.165, 1.54) is 11.3 Å². The van der Waals surface area contributed by atoms with Gasteiger partial charge < -0.3 is 10.0 Å². The van der Waals surface area contributed by atoms with Crippen LogP contribution in [0.1, 0.15) is 53.9 Å². The number of rotatable bonds is 2. The summed E-state index contributed by atoms with van der Waals surface area (Å²) in [6.45, 7) is 14.9. The first-order valence-electron chi connectivity index (χ1n) is 7.52. The number of fused-ring (bicyclic) bond motifs is 1. The van der Waals surface area contributed by atoms with Crippen LogP contribution in [0.15, 0.2) is 23.4 Å². The number of nitrogens with zero attached hydrogens (tertiary/aromatic N) is 1. The highest BCUT2D eigenvalue weighted by Crippen LogP contribution is 2.50. The maximum absolute atomic E-state index is 11.5. The number of hydrogen-bond acceptors (Lipinski definition) is 2. The van der Waals surface area contributed by atoms with Gasteiger partial charge in [0.1, 0.15) is 0 Å². The molecule has 1 aliphatic heterocycles. The molecule has 2 fully saturated rings. The molecular weight excluding hydrogens is 250 g/mol. The topological polar surface area (TPSA) is 40.5 Å². The standard InChI is InChI=1S/C17H27NO2/c1-10(2)11(3)15-9-13-12(16(19)20)7-8-14(13)18(15)17(4,5)6/h12-14H,1,7-9H2,2-6H3,(H,19,20)/b15-11-. The number of hydrogen-bond donors (Lipinski definition) is 1. The van der Waals surface area contributed by atoms with Gasteiger partial charge in [-0.3, -0.25) is 4.79 Å². The van der Waals surface area contributed by atoms with E-state index in [0.29, 0.717) is 6.04 Å². The number of carboxylic acids is 1. The Bertz CT molecular complexity index is 470. The first-order valence-corrected chi connectivity index (χ1v) is 7.52. The van der Waals surface area contributed by atoms with E-state index in [4.69, 9.17) is 0 Å². The summed E-state index contributed by atoms with van der Waals surface area (Å²) >= 11 is 0. The summed E-state index contributed by atoms with van der Waals surface area (Å²) in [4.78, 5) is 13.9. The third-order valence-corrected chi connectivity index (χ3v) is 4.95. The Hall–Kier alpha value is -1.25. The van der Waals surface area contributed by atoms with Crippen molar-refractivity contribution < 1.29 is 9.90 Å². The first kappa shape index (κ1) is 15.1. The van der Waals surface area contributed by atoms with Crippen molar-refractivity contribution in [3.8, 4) is 0 Å². The van der Waals surface area contributed by atoms with Gasteiger partial charge in [0, 0.05) is 17.3 Å². The maximum Gasteiger partial charge on any atom is 0.306 e. The van der Waals surface area contributed by atoms with E-state index in [1.807, 2.05) is 6.92 Å². The molecule has 2 rings (SSSR count). The van der Waals surface area contributed by atoms with Crippen LogP contribution in [-0.4, -0.2) is 27.6 Å². The highest BCUT2D eigenvalue weighted by molar-refractivity contribution is 5.71. The third kappa shape index (κ3) is 2.38. The summed E-state index contributed by atoms with van der Waals surface area (Å²) in [5.41, 5.74) is 3.66. The fourth-order valence-corrected chi connectivity index (χ4v) is 3.96. The van der Waals surface area contributed by atoms with Crippen LogP contribution < -0.4 is 0 Å². The highest BCUT2D eigenvalue weighted by Gasteiger charge is 2.51. The zero-order valence-corrected chi connectivity index (χ0v) is 13.4. The van der Waals surface area contributed by atoms with Crippen LogP contribution in [0.2, 0.25) is 0 Å². The molecule has 0 bridgehead atoms. The lowest BCUT2D eigenvalue weighted by Gasteiger charge is -2.40. The summed E-state index contributed by atoms with van der Waals surface area (Å²) in [5, 5.41) is 9.43. The molecule has 3 heteroatoms. The van der Waals surface area contributed by atoms with Gasteiger partial charge in [-0.05, 0) is 65.4 Å². The lowest BCUT2D eigenvalue weighted by atomic mass is 9.91. The van der Waals surface area contributed by atoms with Crippen LogP contribution in [0.3, 0.4) is 0 Å². The molecule has 3 unspecified atom stereocenters. The minimum Gasteiger partial charge on any atom is -0.481 e. The molecule has 0 aromatic rings. The zero-order valence-electron chi connectivity index (χ0n) is 13.4.